The van der Waals surface area contributed by atoms with Crippen LogP contribution in [-0.2, 0) is 14.3 Å². The summed E-state index contributed by atoms with van der Waals surface area (Å²) in [5.74, 6) is 0.488. The molecule has 190 valence electrons. The number of rotatable bonds is 15. The van der Waals surface area contributed by atoms with E-state index in [0.29, 0.717) is 24.9 Å². The Balaban J connectivity index is 1.43. The molecule has 1 amide bonds. The number of nitrogens with zero attached hydrogens (tertiary/aromatic N) is 2. The van der Waals surface area contributed by atoms with Crippen molar-refractivity contribution in [3.05, 3.63) is 0 Å². The number of likely N-dealkylation sites (tertiary alicyclic amines) is 2. The van der Waals surface area contributed by atoms with Crippen LogP contribution in [0.25, 0.3) is 0 Å². The van der Waals surface area contributed by atoms with Gasteiger partial charge in [-0.05, 0) is 51.4 Å². The third-order valence-corrected chi connectivity index (χ3v) is 8.45. The smallest absolute Gasteiger partial charge is 0.306 e. The van der Waals surface area contributed by atoms with Gasteiger partial charge in [0.2, 0.25) is 5.91 Å². The van der Waals surface area contributed by atoms with Crippen LogP contribution in [0.1, 0.15) is 116 Å². The predicted molar refractivity (Wildman–Crippen MR) is 134 cm³/mol. The van der Waals surface area contributed by atoms with Gasteiger partial charge >= 0.3 is 5.97 Å². The number of esters is 1. The Hall–Kier alpha value is -1.10. The summed E-state index contributed by atoms with van der Waals surface area (Å²) >= 11 is 0. The SMILES string of the molecule is CCCCCCCCCCCC(=O)OC(CN1C(=O)C2CCC1C2)C[N+]1(C)CCCCCC1. The first-order chi connectivity index (χ1) is 16.0. The van der Waals surface area contributed by atoms with Crippen molar-refractivity contribution in [2.75, 3.05) is 33.2 Å². The summed E-state index contributed by atoms with van der Waals surface area (Å²) in [5, 5.41) is 0. The lowest BCUT2D eigenvalue weighted by Crippen LogP contribution is -2.54. The van der Waals surface area contributed by atoms with Crippen LogP contribution in [0.4, 0.5) is 0 Å². The molecule has 0 N–H and O–H groups in total. The maximum atomic E-state index is 12.8. The van der Waals surface area contributed by atoms with E-state index in [1.807, 2.05) is 0 Å². The predicted octanol–water partition coefficient (Wildman–Crippen LogP) is 5.85. The monoisotopic (exact) mass is 463 g/mol. The fraction of sp³-hybridized carbons (Fsp3) is 0.929. The molecule has 3 aliphatic rings. The van der Waals surface area contributed by atoms with E-state index in [-0.39, 0.29) is 18.0 Å². The number of unbranched alkanes of at least 4 members (excludes halogenated alkanes) is 8. The Labute approximate surface area is 203 Å². The number of likely N-dealkylation sites (N-methyl/N-ethyl adjacent to an activating group) is 1. The minimum atomic E-state index is -0.164. The lowest BCUT2D eigenvalue weighted by atomic mass is 10.1. The Bertz CT molecular complexity index is 600. The van der Waals surface area contributed by atoms with Gasteiger partial charge in [0.05, 0.1) is 26.7 Å². The van der Waals surface area contributed by atoms with Crippen LogP contribution >= 0.6 is 0 Å². The van der Waals surface area contributed by atoms with Crippen molar-refractivity contribution in [2.24, 2.45) is 5.92 Å². The molecule has 1 saturated carbocycles. The summed E-state index contributed by atoms with van der Waals surface area (Å²) in [6.45, 7) is 6.03. The summed E-state index contributed by atoms with van der Waals surface area (Å²) in [6, 6.07) is 0.385. The Kier molecular flexibility index (Phi) is 11.0. The van der Waals surface area contributed by atoms with Gasteiger partial charge in [-0.1, -0.05) is 58.3 Å². The number of fused-ring (bicyclic) bond motifs is 2. The van der Waals surface area contributed by atoms with E-state index in [4.69, 9.17) is 4.74 Å². The van der Waals surface area contributed by atoms with Gasteiger partial charge in [0.25, 0.3) is 0 Å². The van der Waals surface area contributed by atoms with E-state index in [1.54, 1.807) is 0 Å². The van der Waals surface area contributed by atoms with Crippen molar-refractivity contribution in [3.8, 4) is 0 Å². The zero-order valence-corrected chi connectivity index (χ0v) is 21.7. The van der Waals surface area contributed by atoms with E-state index < -0.39 is 0 Å². The summed E-state index contributed by atoms with van der Waals surface area (Å²) in [7, 11) is 2.32. The lowest BCUT2D eigenvalue weighted by molar-refractivity contribution is -0.911. The van der Waals surface area contributed by atoms with Gasteiger partial charge < -0.3 is 14.1 Å². The highest BCUT2D eigenvalue weighted by Gasteiger charge is 2.46. The summed E-state index contributed by atoms with van der Waals surface area (Å²) in [6.07, 6.45) is 20.0. The number of piperidine rings is 1. The first-order valence-corrected chi connectivity index (χ1v) is 14.3. The number of carbonyl (C=O) groups is 2. The van der Waals surface area contributed by atoms with Crippen LogP contribution in [-0.4, -0.2) is 66.6 Å². The van der Waals surface area contributed by atoms with Crippen molar-refractivity contribution in [2.45, 2.75) is 128 Å². The highest BCUT2D eigenvalue weighted by atomic mass is 16.5. The maximum Gasteiger partial charge on any atom is 0.306 e. The van der Waals surface area contributed by atoms with Crippen LogP contribution in [0.2, 0.25) is 0 Å². The van der Waals surface area contributed by atoms with E-state index in [2.05, 4.69) is 18.9 Å². The molecule has 0 spiro atoms. The molecule has 0 aromatic rings. The zero-order chi connectivity index (χ0) is 23.5. The van der Waals surface area contributed by atoms with Gasteiger partial charge in [-0.2, -0.15) is 0 Å². The molecule has 33 heavy (non-hydrogen) atoms. The van der Waals surface area contributed by atoms with E-state index in [0.717, 1.165) is 56.2 Å². The molecule has 3 atom stereocenters. The number of ether oxygens (including phenoxy) is 1. The van der Waals surface area contributed by atoms with Crippen LogP contribution in [0.5, 0.6) is 0 Å². The van der Waals surface area contributed by atoms with Gasteiger partial charge in [-0.25, -0.2) is 0 Å². The molecule has 3 fully saturated rings. The van der Waals surface area contributed by atoms with Crippen molar-refractivity contribution in [3.63, 3.8) is 0 Å². The van der Waals surface area contributed by atoms with Crippen LogP contribution in [0, 0.1) is 5.92 Å². The van der Waals surface area contributed by atoms with E-state index >= 15 is 0 Å². The van der Waals surface area contributed by atoms with Crippen molar-refractivity contribution in [1.82, 2.24) is 4.90 Å². The second kappa shape index (κ2) is 13.7. The summed E-state index contributed by atoms with van der Waals surface area (Å²) in [5.41, 5.74) is 0. The quantitative estimate of drug-likeness (QED) is 0.174. The Morgan fingerprint density at radius 3 is 2.21 bits per heavy atom. The number of amides is 1. The molecule has 3 rings (SSSR count). The minimum absolute atomic E-state index is 0.0545. The fourth-order valence-corrected chi connectivity index (χ4v) is 6.42. The molecule has 5 heteroatoms. The van der Waals surface area contributed by atoms with Crippen LogP contribution in [0.3, 0.4) is 0 Å². The minimum Gasteiger partial charge on any atom is -0.454 e. The number of quaternary nitrogens is 1. The van der Waals surface area contributed by atoms with Gasteiger partial charge in [0.15, 0.2) is 6.10 Å². The maximum absolute atomic E-state index is 12.8. The lowest BCUT2D eigenvalue weighted by Gasteiger charge is -2.38. The Morgan fingerprint density at radius 1 is 0.970 bits per heavy atom. The molecule has 5 nitrogen and oxygen atoms in total. The highest BCUT2D eigenvalue weighted by molar-refractivity contribution is 5.82. The first kappa shape index (κ1) is 26.5. The summed E-state index contributed by atoms with van der Waals surface area (Å²) in [4.78, 5) is 27.6. The third-order valence-electron chi connectivity index (χ3n) is 8.45. The molecular weight excluding hydrogens is 412 g/mol. The van der Waals surface area contributed by atoms with E-state index in [1.165, 1.54) is 70.6 Å². The van der Waals surface area contributed by atoms with Crippen molar-refractivity contribution >= 4 is 11.9 Å². The fourth-order valence-electron chi connectivity index (χ4n) is 6.42. The van der Waals surface area contributed by atoms with Crippen LogP contribution in [0.15, 0.2) is 0 Å². The average Bonchev–Trinajstić information content (AvgIpc) is 3.30. The molecule has 0 radical (unpaired) electrons. The first-order valence-electron chi connectivity index (χ1n) is 14.3. The van der Waals surface area contributed by atoms with Crippen molar-refractivity contribution < 1.29 is 18.8 Å². The molecule has 2 bridgehead atoms. The molecule has 2 saturated heterocycles. The van der Waals surface area contributed by atoms with Gasteiger partial charge in [-0.3, -0.25) is 9.59 Å². The van der Waals surface area contributed by atoms with Crippen molar-refractivity contribution in [1.29, 1.82) is 0 Å². The summed E-state index contributed by atoms with van der Waals surface area (Å²) < 4.78 is 7.08. The largest absolute Gasteiger partial charge is 0.454 e. The standard InChI is InChI=1S/C28H51N2O3/c1-3-4-5-6-7-8-9-10-13-16-27(31)33-26(23-30(2)19-14-11-12-15-20-30)22-29-25-18-17-24(21-25)28(29)32/h24-26H,3-23H2,1-2H3/q+1. The Morgan fingerprint density at radius 2 is 1.61 bits per heavy atom. The number of hydrogen-bond donors (Lipinski definition) is 0. The molecule has 2 heterocycles. The molecule has 2 aliphatic heterocycles. The molecule has 0 aromatic carbocycles. The van der Waals surface area contributed by atoms with Gasteiger partial charge in [-0.15, -0.1) is 0 Å². The molecule has 0 aromatic heterocycles. The number of hydrogen-bond acceptors (Lipinski definition) is 3. The second-order valence-electron chi connectivity index (χ2n) is 11.5. The molecule has 3 unspecified atom stereocenters. The van der Waals surface area contributed by atoms with Gasteiger partial charge in [0, 0.05) is 18.4 Å². The second-order valence-corrected chi connectivity index (χ2v) is 11.5. The normalized spacial score (nSPS) is 25.3. The van der Waals surface area contributed by atoms with Gasteiger partial charge in [0.1, 0.15) is 6.54 Å². The topological polar surface area (TPSA) is 46.6 Å². The zero-order valence-electron chi connectivity index (χ0n) is 21.7. The highest BCUT2D eigenvalue weighted by Crippen LogP contribution is 2.38. The van der Waals surface area contributed by atoms with E-state index in [9.17, 15) is 9.59 Å². The molecule has 1 aliphatic carbocycles. The van der Waals surface area contributed by atoms with Crippen LogP contribution < -0.4 is 0 Å². The number of carbonyl (C=O) groups excluding carboxylic acids is 2. The third kappa shape index (κ3) is 8.56. The molecular formula is C28H51N2O3+. The average molecular weight is 464 g/mol.